The van der Waals surface area contributed by atoms with Crippen LogP contribution in [0.5, 0.6) is 0 Å². The summed E-state index contributed by atoms with van der Waals surface area (Å²) in [5.74, 6) is -5.28. The third-order valence-corrected chi connectivity index (χ3v) is 4.01. The van der Waals surface area contributed by atoms with Gasteiger partial charge in [0.1, 0.15) is 18.6 Å². The minimum Gasteiger partial charge on any atom is -0.480 e. The molecule has 0 saturated carbocycles. The van der Waals surface area contributed by atoms with E-state index < -0.39 is 66.1 Å². The summed E-state index contributed by atoms with van der Waals surface area (Å²) in [7, 11) is 0. The lowest BCUT2D eigenvalue weighted by molar-refractivity contribution is -0.139. The van der Waals surface area contributed by atoms with Gasteiger partial charge in [-0.3, -0.25) is 28.8 Å². The van der Waals surface area contributed by atoms with Crippen molar-refractivity contribution in [1.82, 2.24) is 16.0 Å². The van der Waals surface area contributed by atoms with Gasteiger partial charge in [0.25, 0.3) is 0 Å². The van der Waals surface area contributed by atoms with Crippen LogP contribution < -0.4 is 33.2 Å². The van der Waals surface area contributed by atoms with Crippen LogP contribution in [0.4, 0.5) is 0 Å². The standard InChI is InChI=1S/C17H30N6O7/c1-8(2)14(23-15(28)9(18)3-5-11(19)24)17(30)22-10(4-6-12(20)25)16(29)21-7-13(26)27/h8-10,14H,3-7,18H2,1-2H3,(H2,19,24)(H2,20,25)(H,21,29)(H,22,30)(H,23,28)(H,26,27). The second kappa shape index (κ2) is 13.1. The quantitative estimate of drug-likeness (QED) is 0.147. The Morgan fingerprint density at radius 2 is 1.37 bits per heavy atom. The number of carboxylic acids is 1. The molecule has 3 atom stereocenters. The van der Waals surface area contributed by atoms with Crippen LogP contribution in [0.2, 0.25) is 0 Å². The first kappa shape index (κ1) is 26.8. The van der Waals surface area contributed by atoms with Gasteiger partial charge in [0.05, 0.1) is 6.04 Å². The molecular formula is C17H30N6O7. The number of hydrogen-bond donors (Lipinski definition) is 7. The van der Waals surface area contributed by atoms with Gasteiger partial charge < -0.3 is 38.3 Å². The molecule has 0 aliphatic heterocycles. The lowest BCUT2D eigenvalue weighted by atomic mass is 10.0. The van der Waals surface area contributed by atoms with E-state index in [1.54, 1.807) is 13.8 Å². The van der Waals surface area contributed by atoms with Crippen LogP contribution in [0.3, 0.4) is 0 Å². The second-order valence-corrected chi connectivity index (χ2v) is 7.02. The smallest absolute Gasteiger partial charge is 0.322 e. The molecule has 170 valence electrons. The number of rotatable bonds is 14. The topological polar surface area (TPSA) is 237 Å². The molecule has 0 aromatic rings. The normalized spacial score (nSPS) is 13.6. The number of aliphatic carboxylic acids is 1. The highest BCUT2D eigenvalue weighted by Gasteiger charge is 2.30. The molecule has 0 heterocycles. The van der Waals surface area contributed by atoms with Crippen LogP contribution >= 0.6 is 0 Å². The Morgan fingerprint density at radius 3 is 1.83 bits per heavy atom. The average molecular weight is 430 g/mol. The summed E-state index contributed by atoms with van der Waals surface area (Å²) in [5, 5.41) is 15.6. The molecule has 5 amide bonds. The zero-order chi connectivity index (χ0) is 23.4. The molecule has 13 heteroatoms. The van der Waals surface area contributed by atoms with E-state index >= 15 is 0 Å². The van der Waals surface area contributed by atoms with Crippen molar-refractivity contribution in [3.63, 3.8) is 0 Å². The van der Waals surface area contributed by atoms with E-state index in [9.17, 15) is 28.8 Å². The van der Waals surface area contributed by atoms with Gasteiger partial charge in [-0.2, -0.15) is 0 Å². The molecule has 0 saturated heterocycles. The Bertz CT molecular complexity index is 667. The third kappa shape index (κ3) is 10.9. The van der Waals surface area contributed by atoms with Crippen LogP contribution in [0.25, 0.3) is 0 Å². The minimum absolute atomic E-state index is 0.00751. The van der Waals surface area contributed by atoms with Crippen LogP contribution in [0.1, 0.15) is 39.5 Å². The van der Waals surface area contributed by atoms with Gasteiger partial charge >= 0.3 is 5.97 Å². The molecule has 0 radical (unpaired) electrons. The predicted molar refractivity (Wildman–Crippen MR) is 104 cm³/mol. The van der Waals surface area contributed by atoms with Gasteiger partial charge in [-0.1, -0.05) is 13.8 Å². The van der Waals surface area contributed by atoms with Gasteiger partial charge in [-0.15, -0.1) is 0 Å². The molecule has 3 unspecified atom stereocenters. The number of carboxylic acid groups (broad SMARTS) is 1. The third-order valence-electron chi connectivity index (χ3n) is 4.01. The lowest BCUT2D eigenvalue weighted by Crippen LogP contribution is -2.57. The van der Waals surface area contributed by atoms with Crippen molar-refractivity contribution in [3.05, 3.63) is 0 Å². The van der Waals surface area contributed by atoms with Crippen molar-refractivity contribution in [1.29, 1.82) is 0 Å². The van der Waals surface area contributed by atoms with Crippen molar-refractivity contribution in [2.75, 3.05) is 6.54 Å². The number of amides is 5. The number of carbonyl (C=O) groups is 6. The van der Waals surface area contributed by atoms with E-state index in [4.69, 9.17) is 22.3 Å². The Morgan fingerprint density at radius 1 is 0.833 bits per heavy atom. The lowest BCUT2D eigenvalue weighted by Gasteiger charge is -2.26. The summed E-state index contributed by atoms with van der Waals surface area (Å²) in [6.45, 7) is 2.60. The highest BCUT2D eigenvalue weighted by atomic mass is 16.4. The summed E-state index contributed by atoms with van der Waals surface area (Å²) in [6, 6.07) is -3.40. The Hall–Kier alpha value is -3.22. The maximum Gasteiger partial charge on any atom is 0.322 e. The van der Waals surface area contributed by atoms with E-state index in [1.165, 1.54) is 0 Å². The molecule has 0 aromatic carbocycles. The van der Waals surface area contributed by atoms with Gasteiger partial charge in [-0.05, 0) is 18.8 Å². The predicted octanol–water partition coefficient (Wildman–Crippen LogP) is -3.33. The Labute approximate surface area is 173 Å². The molecule has 30 heavy (non-hydrogen) atoms. The molecule has 0 bridgehead atoms. The van der Waals surface area contributed by atoms with Gasteiger partial charge in [0.2, 0.25) is 29.5 Å². The fourth-order valence-electron chi connectivity index (χ4n) is 2.33. The molecule has 0 spiro atoms. The Balaban J connectivity index is 5.18. The summed E-state index contributed by atoms with van der Waals surface area (Å²) in [6.07, 6.45) is -0.510. The highest BCUT2D eigenvalue weighted by Crippen LogP contribution is 2.06. The first-order valence-electron chi connectivity index (χ1n) is 9.27. The fourth-order valence-corrected chi connectivity index (χ4v) is 2.33. The summed E-state index contributed by atoms with van der Waals surface area (Å²) in [4.78, 5) is 69.5. The maximum atomic E-state index is 12.7. The van der Waals surface area contributed by atoms with Gasteiger partial charge in [0.15, 0.2) is 0 Å². The van der Waals surface area contributed by atoms with Crippen LogP contribution in [-0.4, -0.2) is 65.3 Å². The van der Waals surface area contributed by atoms with Crippen LogP contribution in [0, 0.1) is 5.92 Å². The van der Waals surface area contributed by atoms with Crippen molar-refractivity contribution < 1.29 is 33.9 Å². The molecule has 0 aliphatic rings. The van der Waals surface area contributed by atoms with Crippen LogP contribution in [0.15, 0.2) is 0 Å². The van der Waals surface area contributed by atoms with Crippen molar-refractivity contribution in [3.8, 4) is 0 Å². The first-order chi connectivity index (χ1) is 13.8. The number of primary amides is 2. The first-order valence-corrected chi connectivity index (χ1v) is 9.27. The maximum absolute atomic E-state index is 12.7. The molecule has 0 fully saturated rings. The molecule has 0 rings (SSSR count). The number of nitrogens with two attached hydrogens (primary N) is 3. The number of carbonyl (C=O) groups excluding carboxylic acids is 5. The summed E-state index contributed by atoms with van der Waals surface area (Å²) < 4.78 is 0. The van der Waals surface area contributed by atoms with Crippen LogP contribution in [-0.2, 0) is 28.8 Å². The van der Waals surface area contributed by atoms with Crippen molar-refractivity contribution >= 4 is 35.5 Å². The van der Waals surface area contributed by atoms with E-state index in [1.807, 2.05) is 0 Å². The highest BCUT2D eigenvalue weighted by molar-refractivity contribution is 5.94. The zero-order valence-electron chi connectivity index (χ0n) is 17.0. The molecule has 0 aliphatic carbocycles. The minimum atomic E-state index is -1.29. The summed E-state index contributed by atoms with van der Waals surface area (Å²) in [5.41, 5.74) is 15.8. The largest absolute Gasteiger partial charge is 0.480 e. The van der Waals surface area contributed by atoms with E-state index in [2.05, 4.69) is 16.0 Å². The van der Waals surface area contributed by atoms with Gasteiger partial charge in [0, 0.05) is 12.8 Å². The number of hydrogen-bond acceptors (Lipinski definition) is 7. The van der Waals surface area contributed by atoms with Crippen molar-refractivity contribution in [2.24, 2.45) is 23.1 Å². The number of nitrogens with one attached hydrogen (secondary N) is 3. The van der Waals surface area contributed by atoms with Gasteiger partial charge in [-0.25, -0.2) is 0 Å². The zero-order valence-corrected chi connectivity index (χ0v) is 17.0. The van der Waals surface area contributed by atoms with E-state index in [-0.39, 0.29) is 25.7 Å². The van der Waals surface area contributed by atoms with Crippen molar-refractivity contribution in [2.45, 2.75) is 57.7 Å². The fraction of sp³-hybridized carbons (Fsp3) is 0.647. The van der Waals surface area contributed by atoms with E-state index in [0.29, 0.717) is 0 Å². The average Bonchev–Trinajstić information content (AvgIpc) is 2.64. The molecule has 0 aromatic heterocycles. The molecular weight excluding hydrogens is 400 g/mol. The summed E-state index contributed by atoms with van der Waals surface area (Å²) >= 11 is 0. The monoisotopic (exact) mass is 430 g/mol. The second-order valence-electron chi connectivity index (χ2n) is 7.02. The Kier molecular flexibility index (Phi) is 11.7. The SMILES string of the molecule is CC(C)C(NC(=O)C(N)CCC(N)=O)C(=O)NC(CCC(N)=O)C(=O)NCC(=O)O. The van der Waals surface area contributed by atoms with E-state index in [0.717, 1.165) is 0 Å². The molecule has 13 nitrogen and oxygen atoms in total. The molecule has 10 N–H and O–H groups in total.